The van der Waals surface area contributed by atoms with Crippen LogP contribution in [-0.2, 0) is 14.4 Å². The lowest BCUT2D eigenvalue weighted by Gasteiger charge is -2.21. The quantitative estimate of drug-likeness (QED) is 0.899. The third-order valence-electron chi connectivity index (χ3n) is 3.93. The topological polar surface area (TPSA) is 85.0 Å². The lowest BCUT2D eigenvalue weighted by molar-refractivity contribution is -0.132. The van der Waals surface area contributed by atoms with Gasteiger partial charge in [-0.15, -0.1) is 0 Å². The van der Waals surface area contributed by atoms with Crippen LogP contribution in [0, 0.1) is 0 Å². The highest BCUT2D eigenvalue weighted by Crippen LogP contribution is 2.28. The summed E-state index contributed by atoms with van der Waals surface area (Å²) in [4.78, 5) is 30.7. The summed E-state index contributed by atoms with van der Waals surface area (Å²) in [7, 11) is 0. The van der Waals surface area contributed by atoms with Gasteiger partial charge in [-0.1, -0.05) is 35.5 Å². The number of primary amides is 1. The Labute approximate surface area is 122 Å². The molecule has 2 heterocycles. The van der Waals surface area contributed by atoms with Crippen LogP contribution in [0.25, 0.3) is 0 Å². The molecule has 1 fully saturated rings. The van der Waals surface area contributed by atoms with E-state index in [0.29, 0.717) is 25.1 Å². The fourth-order valence-corrected chi connectivity index (χ4v) is 2.82. The summed E-state index contributed by atoms with van der Waals surface area (Å²) >= 11 is 0. The summed E-state index contributed by atoms with van der Waals surface area (Å²) in [5, 5.41) is 3.91. The Morgan fingerprint density at radius 1 is 1.29 bits per heavy atom. The first kappa shape index (κ1) is 13.6. The zero-order valence-electron chi connectivity index (χ0n) is 11.6. The van der Waals surface area contributed by atoms with Gasteiger partial charge in [-0.25, -0.2) is 0 Å². The number of rotatable bonds is 3. The van der Waals surface area contributed by atoms with Gasteiger partial charge in [0.15, 0.2) is 6.10 Å². The van der Waals surface area contributed by atoms with Crippen molar-refractivity contribution in [3.05, 3.63) is 35.9 Å². The van der Waals surface area contributed by atoms with E-state index in [1.807, 2.05) is 30.3 Å². The maximum absolute atomic E-state index is 12.4. The van der Waals surface area contributed by atoms with Crippen molar-refractivity contribution in [3.8, 4) is 0 Å². The highest BCUT2D eigenvalue weighted by Gasteiger charge is 2.37. The summed E-state index contributed by atoms with van der Waals surface area (Å²) < 4.78 is 0. The first-order valence-electron chi connectivity index (χ1n) is 7.04. The molecule has 3 rings (SSSR count). The number of carbonyl (C=O) groups excluding carboxylic acids is 2. The van der Waals surface area contributed by atoms with Crippen LogP contribution in [0.1, 0.15) is 30.9 Å². The first-order valence-corrected chi connectivity index (χ1v) is 7.04. The van der Waals surface area contributed by atoms with E-state index in [1.165, 1.54) is 4.90 Å². The van der Waals surface area contributed by atoms with E-state index in [4.69, 9.17) is 10.6 Å². The van der Waals surface area contributed by atoms with Gasteiger partial charge in [-0.05, 0) is 18.4 Å². The van der Waals surface area contributed by atoms with Crippen LogP contribution in [-0.4, -0.2) is 35.0 Å². The minimum absolute atomic E-state index is 0.236. The Bertz CT molecular complexity index is 585. The monoisotopic (exact) mass is 287 g/mol. The molecule has 1 aromatic rings. The third-order valence-corrected chi connectivity index (χ3v) is 3.93. The van der Waals surface area contributed by atoms with Gasteiger partial charge in [-0.2, -0.15) is 0 Å². The molecule has 0 radical (unpaired) electrons. The Hall–Kier alpha value is -2.37. The van der Waals surface area contributed by atoms with Crippen LogP contribution in [0.2, 0.25) is 0 Å². The number of benzene rings is 1. The molecule has 1 saturated heterocycles. The summed E-state index contributed by atoms with van der Waals surface area (Å²) in [5.41, 5.74) is 6.68. The molecule has 0 aliphatic carbocycles. The highest BCUT2D eigenvalue weighted by molar-refractivity contribution is 6.39. The molecule has 2 atom stereocenters. The average Bonchev–Trinajstić information content (AvgIpc) is 3.17. The van der Waals surface area contributed by atoms with Gasteiger partial charge in [0, 0.05) is 13.0 Å². The summed E-state index contributed by atoms with van der Waals surface area (Å²) in [5.74, 6) is -0.699. The minimum atomic E-state index is -0.518. The zero-order chi connectivity index (χ0) is 14.8. The van der Waals surface area contributed by atoms with Crippen molar-refractivity contribution in [1.29, 1.82) is 0 Å². The molecule has 0 unspecified atom stereocenters. The summed E-state index contributed by atoms with van der Waals surface area (Å²) in [6, 6.07) is 9.12. The van der Waals surface area contributed by atoms with Crippen molar-refractivity contribution in [2.75, 3.05) is 6.54 Å². The number of hydrogen-bond acceptors (Lipinski definition) is 4. The van der Waals surface area contributed by atoms with E-state index >= 15 is 0 Å². The number of nitrogens with zero attached hydrogens (tertiary/aromatic N) is 2. The Morgan fingerprint density at radius 2 is 2.05 bits per heavy atom. The van der Waals surface area contributed by atoms with Gasteiger partial charge in [0.05, 0.1) is 0 Å². The molecule has 0 aromatic heterocycles. The lowest BCUT2D eigenvalue weighted by Crippen LogP contribution is -2.46. The Morgan fingerprint density at radius 3 is 2.76 bits per heavy atom. The van der Waals surface area contributed by atoms with Crippen molar-refractivity contribution >= 4 is 17.5 Å². The van der Waals surface area contributed by atoms with Gasteiger partial charge in [0.2, 0.25) is 5.91 Å². The van der Waals surface area contributed by atoms with Crippen LogP contribution < -0.4 is 5.73 Å². The number of hydrogen-bond donors (Lipinski definition) is 1. The number of nitrogens with two attached hydrogens (primary N) is 1. The van der Waals surface area contributed by atoms with Crippen molar-refractivity contribution < 1.29 is 14.4 Å². The molecule has 0 spiro atoms. The van der Waals surface area contributed by atoms with Crippen LogP contribution in [0.4, 0.5) is 0 Å². The van der Waals surface area contributed by atoms with E-state index in [9.17, 15) is 9.59 Å². The largest absolute Gasteiger partial charge is 0.387 e. The molecule has 2 N–H and O–H groups in total. The van der Waals surface area contributed by atoms with Crippen molar-refractivity contribution in [2.45, 2.75) is 31.4 Å². The van der Waals surface area contributed by atoms with Gasteiger partial charge < -0.3 is 15.5 Å². The SMILES string of the molecule is NC(=O)[C@@H]1CCCN1C(=O)C1=NO[C@@H](c2ccccc2)C1. The van der Waals surface area contributed by atoms with E-state index < -0.39 is 11.9 Å². The Kier molecular flexibility index (Phi) is 3.60. The number of oxime groups is 1. The van der Waals surface area contributed by atoms with Crippen molar-refractivity contribution in [3.63, 3.8) is 0 Å². The second-order valence-corrected chi connectivity index (χ2v) is 5.31. The van der Waals surface area contributed by atoms with E-state index in [-0.39, 0.29) is 12.0 Å². The second-order valence-electron chi connectivity index (χ2n) is 5.31. The second kappa shape index (κ2) is 5.55. The predicted molar refractivity (Wildman–Crippen MR) is 76.2 cm³/mol. The van der Waals surface area contributed by atoms with Gasteiger partial charge in [0.25, 0.3) is 5.91 Å². The fraction of sp³-hybridized carbons (Fsp3) is 0.400. The molecule has 21 heavy (non-hydrogen) atoms. The molecule has 110 valence electrons. The average molecular weight is 287 g/mol. The molecule has 2 amide bonds. The predicted octanol–water partition coefficient (Wildman–Crippen LogP) is 0.980. The van der Waals surface area contributed by atoms with E-state index in [0.717, 1.165) is 12.0 Å². The molecule has 6 nitrogen and oxygen atoms in total. The van der Waals surface area contributed by atoms with Gasteiger partial charge in [-0.3, -0.25) is 9.59 Å². The first-order chi connectivity index (χ1) is 10.2. The number of carbonyl (C=O) groups is 2. The zero-order valence-corrected chi connectivity index (χ0v) is 11.6. The molecule has 2 aliphatic rings. The molecular formula is C15H17N3O3. The van der Waals surface area contributed by atoms with Crippen LogP contribution in [0.3, 0.4) is 0 Å². The van der Waals surface area contributed by atoms with Crippen molar-refractivity contribution in [1.82, 2.24) is 4.90 Å². The normalized spacial score (nSPS) is 24.6. The van der Waals surface area contributed by atoms with Gasteiger partial charge in [0.1, 0.15) is 11.8 Å². The van der Waals surface area contributed by atoms with E-state index in [2.05, 4.69) is 5.16 Å². The maximum Gasteiger partial charge on any atom is 0.272 e. The molecule has 0 saturated carbocycles. The molecule has 2 aliphatic heterocycles. The summed E-state index contributed by atoms with van der Waals surface area (Å²) in [6.07, 6.45) is 1.59. The molecular weight excluding hydrogens is 270 g/mol. The highest BCUT2D eigenvalue weighted by atomic mass is 16.6. The molecule has 6 heteroatoms. The van der Waals surface area contributed by atoms with E-state index in [1.54, 1.807) is 0 Å². The van der Waals surface area contributed by atoms with Crippen LogP contribution in [0.5, 0.6) is 0 Å². The van der Waals surface area contributed by atoms with Crippen molar-refractivity contribution in [2.24, 2.45) is 10.9 Å². The van der Waals surface area contributed by atoms with Crippen LogP contribution in [0.15, 0.2) is 35.5 Å². The lowest BCUT2D eigenvalue weighted by atomic mass is 10.0. The molecule has 1 aromatic carbocycles. The van der Waals surface area contributed by atoms with Crippen LogP contribution >= 0.6 is 0 Å². The minimum Gasteiger partial charge on any atom is -0.387 e. The smallest absolute Gasteiger partial charge is 0.272 e. The number of likely N-dealkylation sites (tertiary alicyclic amines) is 1. The molecule has 0 bridgehead atoms. The van der Waals surface area contributed by atoms with Gasteiger partial charge >= 0.3 is 0 Å². The maximum atomic E-state index is 12.4. The standard InChI is InChI=1S/C15H17N3O3/c16-14(19)12-7-4-8-18(12)15(20)11-9-13(21-17-11)10-5-2-1-3-6-10/h1-3,5-6,12-13H,4,7-9H2,(H2,16,19)/t12-,13+/m0/s1. The third kappa shape index (κ3) is 2.61. The number of amides is 2. The Balaban J connectivity index is 1.68. The summed E-state index contributed by atoms with van der Waals surface area (Å²) in [6.45, 7) is 0.543. The fourth-order valence-electron chi connectivity index (χ4n) is 2.82.